The Hall–Kier alpha value is -3.73. The quantitative estimate of drug-likeness (QED) is 0.465. The molecule has 5 heteroatoms. The van der Waals surface area contributed by atoms with Crippen LogP contribution in [-0.2, 0) is 0 Å². The first-order chi connectivity index (χ1) is 14.6. The molecule has 0 aliphatic heterocycles. The molecule has 4 aromatic rings. The molecule has 1 aromatic heterocycles. The molecule has 3 N–H and O–H groups in total. The predicted molar refractivity (Wildman–Crippen MR) is 118 cm³/mol. The zero-order chi connectivity index (χ0) is 21.1. The van der Waals surface area contributed by atoms with E-state index in [1.54, 1.807) is 12.1 Å². The zero-order valence-electron chi connectivity index (χ0n) is 16.6. The van der Waals surface area contributed by atoms with E-state index in [0.717, 1.165) is 12.0 Å². The summed E-state index contributed by atoms with van der Waals surface area (Å²) in [5.74, 6) is -0.602. The fraction of sp³-hybridized carbons (Fsp3) is 0.120. The largest absolute Gasteiger partial charge is 0.396 e. The fourth-order valence-electron chi connectivity index (χ4n) is 3.64. The molecule has 0 saturated carbocycles. The summed E-state index contributed by atoms with van der Waals surface area (Å²) in [5.41, 5.74) is 9.93. The Morgan fingerprint density at radius 3 is 2.37 bits per heavy atom. The van der Waals surface area contributed by atoms with Crippen molar-refractivity contribution in [1.29, 1.82) is 0 Å². The number of hydrogen-bond acceptors (Lipinski definition) is 3. The van der Waals surface area contributed by atoms with Crippen molar-refractivity contribution in [3.63, 3.8) is 0 Å². The maximum Gasteiger partial charge on any atom is 0.254 e. The highest BCUT2D eigenvalue weighted by atomic mass is 19.1. The molecule has 4 nitrogen and oxygen atoms in total. The monoisotopic (exact) mass is 399 g/mol. The van der Waals surface area contributed by atoms with Gasteiger partial charge in [0.25, 0.3) is 5.91 Å². The van der Waals surface area contributed by atoms with Crippen molar-refractivity contribution < 1.29 is 9.18 Å². The third-order valence-electron chi connectivity index (χ3n) is 5.19. The molecule has 0 bridgehead atoms. The van der Waals surface area contributed by atoms with Gasteiger partial charge in [0.2, 0.25) is 0 Å². The van der Waals surface area contributed by atoms with Gasteiger partial charge in [0.05, 0.1) is 28.5 Å². The number of aromatic nitrogens is 1. The Morgan fingerprint density at radius 2 is 1.67 bits per heavy atom. The molecule has 0 radical (unpaired) electrons. The van der Waals surface area contributed by atoms with E-state index in [1.807, 2.05) is 61.5 Å². The minimum absolute atomic E-state index is 0.140. The first kappa shape index (κ1) is 19.6. The lowest BCUT2D eigenvalue weighted by molar-refractivity contribution is 0.0938. The number of amides is 1. The minimum Gasteiger partial charge on any atom is -0.396 e. The third-order valence-corrected chi connectivity index (χ3v) is 5.19. The number of carbonyl (C=O) groups excluding carboxylic acids is 1. The Bertz CT molecular complexity index is 1190. The number of carbonyl (C=O) groups is 1. The molecule has 0 aliphatic carbocycles. The molecule has 150 valence electrons. The smallest absolute Gasteiger partial charge is 0.254 e. The summed E-state index contributed by atoms with van der Waals surface area (Å²) in [6.07, 6.45) is 0.740. The molecule has 0 saturated heterocycles. The number of hydrogen-bond donors (Lipinski definition) is 2. The summed E-state index contributed by atoms with van der Waals surface area (Å²) in [4.78, 5) is 18.0. The predicted octanol–water partition coefficient (Wildman–Crippen LogP) is 5.50. The molecule has 0 fully saturated rings. The van der Waals surface area contributed by atoms with Gasteiger partial charge in [-0.15, -0.1) is 0 Å². The van der Waals surface area contributed by atoms with E-state index < -0.39 is 0 Å². The van der Waals surface area contributed by atoms with E-state index in [9.17, 15) is 9.18 Å². The van der Waals surface area contributed by atoms with Gasteiger partial charge in [0, 0.05) is 10.9 Å². The summed E-state index contributed by atoms with van der Waals surface area (Å²) in [5, 5.41) is 3.80. The van der Waals surface area contributed by atoms with E-state index >= 15 is 0 Å². The highest BCUT2D eigenvalue weighted by Gasteiger charge is 2.22. The lowest BCUT2D eigenvalue weighted by atomic mass is 9.99. The molecule has 0 unspecified atom stereocenters. The molecule has 0 spiro atoms. The van der Waals surface area contributed by atoms with E-state index in [0.29, 0.717) is 27.7 Å². The second-order valence-electron chi connectivity index (χ2n) is 7.12. The minimum atomic E-state index is -0.343. The first-order valence-electron chi connectivity index (χ1n) is 9.88. The van der Waals surface area contributed by atoms with Crippen molar-refractivity contribution >= 4 is 22.5 Å². The van der Waals surface area contributed by atoms with Gasteiger partial charge in [-0.2, -0.15) is 0 Å². The third kappa shape index (κ3) is 3.74. The number of rotatable bonds is 5. The zero-order valence-corrected chi connectivity index (χ0v) is 16.6. The molecule has 3 aromatic carbocycles. The maximum atomic E-state index is 13.4. The first-order valence-corrected chi connectivity index (χ1v) is 9.88. The van der Waals surface area contributed by atoms with Crippen LogP contribution in [0.4, 0.5) is 10.1 Å². The van der Waals surface area contributed by atoms with Gasteiger partial charge in [-0.05, 0) is 42.3 Å². The molecule has 0 aliphatic rings. The van der Waals surface area contributed by atoms with Crippen molar-refractivity contribution in [2.45, 2.75) is 19.4 Å². The molecule has 30 heavy (non-hydrogen) atoms. The van der Waals surface area contributed by atoms with Gasteiger partial charge in [0.15, 0.2) is 0 Å². The molecule has 1 amide bonds. The number of nitrogens with two attached hydrogens (primary N) is 1. The van der Waals surface area contributed by atoms with Crippen LogP contribution in [0.3, 0.4) is 0 Å². The number of benzene rings is 3. The van der Waals surface area contributed by atoms with Crippen LogP contribution in [-0.4, -0.2) is 10.9 Å². The van der Waals surface area contributed by atoms with Crippen molar-refractivity contribution in [1.82, 2.24) is 10.3 Å². The fourth-order valence-corrected chi connectivity index (χ4v) is 3.64. The molecule has 1 atom stereocenters. The number of nitrogen functional groups attached to an aromatic ring is 1. The van der Waals surface area contributed by atoms with E-state index in [-0.39, 0.29) is 23.5 Å². The van der Waals surface area contributed by atoms with E-state index in [4.69, 9.17) is 5.73 Å². The average Bonchev–Trinajstić information content (AvgIpc) is 2.78. The summed E-state index contributed by atoms with van der Waals surface area (Å²) in [6, 6.07) is 23.0. The Labute approximate surface area is 174 Å². The standard InChI is InChI=1S/C25H22FN3O/c1-2-20(16-8-4-3-5-9-16)29-25(30)22-19-10-6-7-11-21(19)28-24(23(22)27)17-12-14-18(26)15-13-17/h3-15,20H,2,27H2,1H3,(H,29,30)/t20-/m0/s1. The molecular formula is C25H22FN3O. The molecule has 1 heterocycles. The van der Waals surface area contributed by atoms with Crippen molar-refractivity contribution in [2.24, 2.45) is 0 Å². The van der Waals surface area contributed by atoms with Gasteiger partial charge >= 0.3 is 0 Å². The Kier molecular flexibility index (Phi) is 5.44. The van der Waals surface area contributed by atoms with Crippen LogP contribution < -0.4 is 11.1 Å². The van der Waals surface area contributed by atoms with Crippen molar-refractivity contribution in [2.75, 3.05) is 5.73 Å². The van der Waals surface area contributed by atoms with Crippen LogP contribution in [0, 0.1) is 5.82 Å². The van der Waals surface area contributed by atoms with Crippen molar-refractivity contribution in [3.8, 4) is 11.3 Å². The van der Waals surface area contributed by atoms with Crippen molar-refractivity contribution in [3.05, 3.63) is 95.8 Å². The number of para-hydroxylation sites is 1. The maximum absolute atomic E-state index is 13.4. The van der Waals surface area contributed by atoms with Gasteiger partial charge in [-0.3, -0.25) is 4.79 Å². The second kappa shape index (κ2) is 8.33. The molecular weight excluding hydrogens is 377 g/mol. The van der Waals surface area contributed by atoms with Gasteiger partial charge in [-0.25, -0.2) is 9.37 Å². The number of pyridine rings is 1. The number of nitrogens with zero attached hydrogens (tertiary/aromatic N) is 1. The normalized spacial score (nSPS) is 11.9. The Morgan fingerprint density at radius 1 is 1.00 bits per heavy atom. The van der Waals surface area contributed by atoms with Gasteiger partial charge in [0.1, 0.15) is 5.82 Å². The Balaban J connectivity index is 1.81. The van der Waals surface area contributed by atoms with Crippen LogP contribution in [0.2, 0.25) is 0 Å². The summed E-state index contributed by atoms with van der Waals surface area (Å²) in [6.45, 7) is 2.02. The highest BCUT2D eigenvalue weighted by Crippen LogP contribution is 2.33. The number of fused-ring (bicyclic) bond motifs is 1. The summed E-state index contributed by atoms with van der Waals surface area (Å²) < 4.78 is 13.4. The number of halogens is 1. The van der Waals surface area contributed by atoms with Gasteiger partial charge < -0.3 is 11.1 Å². The lowest BCUT2D eigenvalue weighted by Crippen LogP contribution is -2.29. The van der Waals surface area contributed by atoms with Crippen LogP contribution in [0.1, 0.15) is 35.3 Å². The SMILES string of the molecule is CC[C@H](NC(=O)c1c(N)c(-c2ccc(F)cc2)nc2ccccc12)c1ccccc1. The molecule has 4 rings (SSSR count). The number of anilines is 1. The average molecular weight is 399 g/mol. The van der Waals surface area contributed by atoms with Crippen LogP contribution >= 0.6 is 0 Å². The number of nitrogens with one attached hydrogen (secondary N) is 1. The highest BCUT2D eigenvalue weighted by molar-refractivity contribution is 6.12. The van der Waals surface area contributed by atoms with E-state index in [2.05, 4.69) is 10.3 Å². The second-order valence-corrected chi connectivity index (χ2v) is 7.12. The van der Waals surface area contributed by atoms with Crippen LogP contribution in [0.5, 0.6) is 0 Å². The van der Waals surface area contributed by atoms with Crippen LogP contribution in [0.25, 0.3) is 22.2 Å². The summed E-state index contributed by atoms with van der Waals surface area (Å²) >= 11 is 0. The van der Waals surface area contributed by atoms with Crippen LogP contribution in [0.15, 0.2) is 78.9 Å². The lowest BCUT2D eigenvalue weighted by Gasteiger charge is -2.20. The topological polar surface area (TPSA) is 68.0 Å². The van der Waals surface area contributed by atoms with E-state index in [1.165, 1.54) is 12.1 Å². The summed E-state index contributed by atoms with van der Waals surface area (Å²) in [7, 11) is 0. The van der Waals surface area contributed by atoms with Gasteiger partial charge in [-0.1, -0.05) is 55.5 Å².